The van der Waals surface area contributed by atoms with Crippen molar-refractivity contribution in [2.24, 2.45) is 0 Å². The van der Waals surface area contributed by atoms with E-state index < -0.39 is 0 Å². The number of nitrogens with zero attached hydrogens (tertiary/aromatic N) is 2. The molecular formula is C13H17BrN4OS. The van der Waals surface area contributed by atoms with Gasteiger partial charge in [-0.2, -0.15) is 0 Å². The first-order chi connectivity index (χ1) is 9.56. The van der Waals surface area contributed by atoms with Crippen molar-refractivity contribution in [3.63, 3.8) is 0 Å². The number of hydrogen-bond donors (Lipinski definition) is 2. The van der Waals surface area contributed by atoms with Crippen molar-refractivity contribution in [1.82, 2.24) is 20.1 Å². The topological polar surface area (TPSA) is 62.7 Å². The minimum absolute atomic E-state index is 0.173. The molecule has 7 heteroatoms. The van der Waals surface area contributed by atoms with Crippen LogP contribution in [0.15, 0.2) is 37.5 Å². The molecule has 0 fully saturated rings. The van der Waals surface area contributed by atoms with Gasteiger partial charge in [-0.3, -0.25) is 4.57 Å². The molecule has 2 aromatic rings. The Balaban J connectivity index is 2.41. The average molecular weight is 357 g/mol. The highest BCUT2D eigenvalue weighted by atomic mass is 79.9. The van der Waals surface area contributed by atoms with Crippen LogP contribution < -0.4 is 11.0 Å². The smallest absolute Gasteiger partial charge is 0.313 e. The number of hydrogen-bond acceptors (Lipinski definition) is 4. The lowest BCUT2D eigenvalue weighted by Gasteiger charge is -2.15. The lowest BCUT2D eigenvalue weighted by Crippen LogP contribution is -2.16. The highest BCUT2D eigenvalue weighted by Crippen LogP contribution is 2.33. The molecule has 0 saturated heterocycles. The number of halogens is 1. The fourth-order valence-electron chi connectivity index (χ4n) is 1.87. The predicted octanol–water partition coefficient (Wildman–Crippen LogP) is 2.79. The first-order valence-corrected chi connectivity index (χ1v) is 7.97. The second-order valence-corrected chi connectivity index (χ2v) is 6.27. The molecule has 0 radical (unpaired) electrons. The van der Waals surface area contributed by atoms with Gasteiger partial charge in [0.25, 0.3) is 0 Å². The summed E-state index contributed by atoms with van der Waals surface area (Å²) in [6.45, 7) is 4.63. The van der Waals surface area contributed by atoms with Crippen LogP contribution in [-0.4, -0.2) is 21.8 Å². The molecule has 0 amide bonds. The van der Waals surface area contributed by atoms with Gasteiger partial charge in [0, 0.05) is 22.0 Å². The van der Waals surface area contributed by atoms with E-state index in [2.05, 4.69) is 44.4 Å². The van der Waals surface area contributed by atoms with E-state index in [0.717, 1.165) is 9.37 Å². The average Bonchev–Trinajstić information content (AvgIpc) is 2.78. The molecule has 1 atom stereocenters. The van der Waals surface area contributed by atoms with Crippen LogP contribution in [0.25, 0.3) is 0 Å². The van der Waals surface area contributed by atoms with Crippen LogP contribution in [0.3, 0.4) is 0 Å². The lowest BCUT2D eigenvalue weighted by molar-refractivity contribution is 0.638. The molecule has 0 bridgehead atoms. The molecule has 2 rings (SSSR count). The SMILES string of the molecule is CCn1c(Sc2cc(Br)ccc2C(C)NC)n[nH]c1=O. The van der Waals surface area contributed by atoms with Crippen molar-refractivity contribution in [1.29, 1.82) is 0 Å². The van der Waals surface area contributed by atoms with E-state index in [1.165, 1.54) is 17.3 Å². The number of benzene rings is 1. The summed E-state index contributed by atoms with van der Waals surface area (Å²) in [5.74, 6) is 0. The molecule has 2 N–H and O–H groups in total. The molecular weight excluding hydrogens is 340 g/mol. The maximum atomic E-state index is 11.6. The van der Waals surface area contributed by atoms with Gasteiger partial charge in [-0.25, -0.2) is 9.89 Å². The van der Waals surface area contributed by atoms with E-state index in [1.807, 2.05) is 26.1 Å². The van der Waals surface area contributed by atoms with E-state index in [4.69, 9.17) is 0 Å². The van der Waals surface area contributed by atoms with Gasteiger partial charge in [0.2, 0.25) is 0 Å². The highest BCUT2D eigenvalue weighted by Gasteiger charge is 2.14. The number of nitrogens with one attached hydrogen (secondary N) is 2. The van der Waals surface area contributed by atoms with Crippen LogP contribution >= 0.6 is 27.7 Å². The lowest BCUT2D eigenvalue weighted by atomic mass is 10.1. The summed E-state index contributed by atoms with van der Waals surface area (Å²) >= 11 is 4.99. The van der Waals surface area contributed by atoms with E-state index in [0.29, 0.717) is 11.7 Å². The van der Waals surface area contributed by atoms with Gasteiger partial charge < -0.3 is 5.32 Å². The summed E-state index contributed by atoms with van der Waals surface area (Å²) in [6, 6.07) is 6.37. The van der Waals surface area contributed by atoms with Crippen molar-refractivity contribution in [3.05, 3.63) is 38.7 Å². The Morgan fingerprint density at radius 3 is 2.95 bits per heavy atom. The molecule has 0 aliphatic heterocycles. The summed E-state index contributed by atoms with van der Waals surface area (Å²) in [7, 11) is 1.93. The number of aromatic amines is 1. The Morgan fingerprint density at radius 2 is 2.30 bits per heavy atom. The molecule has 1 heterocycles. The monoisotopic (exact) mass is 356 g/mol. The normalized spacial score (nSPS) is 12.6. The first-order valence-electron chi connectivity index (χ1n) is 6.36. The zero-order chi connectivity index (χ0) is 14.7. The van der Waals surface area contributed by atoms with Gasteiger partial charge in [0.15, 0.2) is 5.16 Å². The minimum atomic E-state index is -0.173. The predicted molar refractivity (Wildman–Crippen MR) is 84.3 cm³/mol. The third kappa shape index (κ3) is 3.16. The van der Waals surface area contributed by atoms with E-state index >= 15 is 0 Å². The Labute approximate surface area is 130 Å². The van der Waals surface area contributed by atoms with Gasteiger partial charge >= 0.3 is 5.69 Å². The maximum Gasteiger partial charge on any atom is 0.343 e. The van der Waals surface area contributed by atoms with Crippen LogP contribution in [-0.2, 0) is 6.54 Å². The Kier molecular flexibility index (Phi) is 5.06. The molecule has 0 aliphatic rings. The molecule has 1 aromatic carbocycles. The van der Waals surface area contributed by atoms with E-state index in [-0.39, 0.29) is 11.7 Å². The fourth-order valence-corrected chi connectivity index (χ4v) is 3.54. The molecule has 1 aromatic heterocycles. The maximum absolute atomic E-state index is 11.6. The van der Waals surface area contributed by atoms with Crippen molar-refractivity contribution in [2.45, 2.75) is 36.5 Å². The minimum Gasteiger partial charge on any atom is -0.313 e. The molecule has 0 aliphatic carbocycles. The summed E-state index contributed by atoms with van der Waals surface area (Å²) < 4.78 is 2.63. The number of H-pyrrole nitrogens is 1. The van der Waals surface area contributed by atoms with Crippen LogP contribution in [0.4, 0.5) is 0 Å². The molecule has 5 nitrogen and oxygen atoms in total. The molecule has 0 spiro atoms. The molecule has 108 valence electrons. The largest absolute Gasteiger partial charge is 0.343 e. The number of aromatic nitrogens is 3. The summed E-state index contributed by atoms with van der Waals surface area (Å²) in [4.78, 5) is 12.7. The fraction of sp³-hybridized carbons (Fsp3) is 0.385. The van der Waals surface area contributed by atoms with Crippen molar-refractivity contribution >= 4 is 27.7 Å². The van der Waals surface area contributed by atoms with Crippen LogP contribution in [0.2, 0.25) is 0 Å². The van der Waals surface area contributed by atoms with E-state index in [9.17, 15) is 4.79 Å². The highest BCUT2D eigenvalue weighted by molar-refractivity contribution is 9.10. The third-order valence-electron chi connectivity index (χ3n) is 3.12. The Morgan fingerprint density at radius 1 is 1.55 bits per heavy atom. The van der Waals surface area contributed by atoms with Crippen molar-refractivity contribution in [3.8, 4) is 0 Å². The second-order valence-electron chi connectivity index (χ2n) is 4.35. The zero-order valence-corrected chi connectivity index (χ0v) is 14.0. The van der Waals surface area contributed by atoms with Crippen molar-refractivity contribution < 1.29 is 0 Å². The molecule has 20 heavy (non-hydrogen) atoms. The van der Waals surface area contributed by atoms with Gasteiger partial charge in [-0.1, -0.05) is 22.0 Å². The van der Waals surface area contributed by atoms with Crippen molar-refractivity contribution in [2.75, 3.05) is 7.05 Å². The van der Waals surface area contributed by atoms with Gasteiger partial charge in [0.05, 0.1) is 0 Å². The summed E-state index contributed by atoms with van der Waals surface area (Å²) in [6.07, 6.45) is 0. The Hall–Kier alpha value is -1.05. The number of rotatable bonds is 5. The second kappa shape index (κ2) is 6.60. The van der Waals surface area contributed by atoms with Gasteiger partial charge in [-0.05, 0) is 50.4 Å². The Bertz CT molecular complexity index is 652. The third-order valence-corrected chi connectivity index (χ3v) is 4.68. The summed E-state index contributed by atoms with van der Waals surface area (Å²) in [5, 5.41) is 10.5. The van der Waals surface area contributed by atoms with Crippen LogP contribution in [0.5, 0.6) is 0 Å². The van der Waals surface area contributed by atoms with Gasteiger partial charge in [0.1, 0.15) is 0 Å². The molecule has 1 unspecified atom stereocenters. The summed E-state index contributed by atoms with van der Waals surface area (Å²) in [5.41, 5.74) is 1.01. The van der Waals surface area contributed by atoms with Crippen LogP contribution in [0, 0.1) is 0 Å². The van der Waals surface area contributed by atoms with Gasteiger partial charge in [-0.15, -0.1) is 5.10 Å². The van der Waals surface area contributed by atoms with E-state index in [1.54, 1.807) is 4.57 Å². The zero-order valence-electron chi connectivity index (χ0n) is 11.6. The van der Waals surface area contributed by atoms with Crippen LogP contribution in [0.1, 0.15) is 25.5 Å². The molecule has 0 saturated carbocycles. The first kappa shape index (κ1) is 15.3. The standard InChI is InChI=1S/C13H17BrN4OS/c1-4-18-12(19)16-17-13(18)20-11-7-9(14)5-6-10(11)8(2)15-3/h5-8,15H,4H2,1-3H3,(H,16,19). The quantitative estimate of drug-likeness (QED) is 0.864.